The Morgan fingerprint density at radius 3 is 0.973 bits per heavy atom. The van der Waals surface area contributed by atoms with Crippen LogP contribution in [0.5, 0.6) is 0 Å². The summed E-state index contributed by atoms with van der Waals surface area (Å²) in [6.07, 6.45) is 89.3. The molecule has 2 atom stereocenters. The minimum atomic E-state index is -4.42. The number of rotatable bonds is 49. The standard InChI is InChI=1S/C65H98NO8P/c1-3-5-7-9-11-13-15-17-19-20-21-22-23-24-25-26-27-28-29-30-31-32-33-34-35-36-37-38-39-40-41-42-44-46-48-50-52-54-56-58-65(68)74-63(62-73-75(69,70)72-60-59-66)61-71-64(67)57-55-53-51-49-47-45-43-18-16-14-12-10-8-6-4-2/h5-8,11-14,17-19,21-22,24-25,27-28,30-31,33-34,36-37,39-40,42-44,47-50,63H,3-4,9-10,15-16,20,23,26,29,32,35,38,41,45-46,51-62,66H2,1-2H3,(H,69,70)/b7-5-,8-6-,13-11-,14-12-,19-17-,22-21-,25-24-,28-27-,31-30-,34-33-,37-36-,40-39-,43-18-,44-42-,49-47-,50-48-. The van der Waals surface area contributed by atoms with Gasteiger partial charge in [0, 0.05) is 19.4 Å². The molecule has 2 unspecified atom stereocenters. The second kappa shape index (κ2) is 58.1. The SMILES string of the molecule is CC/C=C\C/C=C\C/C=C\C/C=C\C/C=C\C/C=C\C/C=C\C/C=C\C/C=C\C/C=C\C/C=C\C/C=C\CCCCC(=O)OC(COC(=O)CCCC/C=C\C/C=C\C/C=C\C/C=C\CC)COP(=O)(O)OCCN. The first kappa shape index (κ1) is 69.8. The van der Waals surface area contributed by atoms with E-state index in [4.69, 9.17) is 24.3 Å². The van der Waals surface area contributed by atoms with Crippen LogP contribution in [0.15, 0.2) is 194 Å². The van der Waals surface area contributed by atoms with Crippen molar-refractivity contribution in [2.45, 2.75) is 174 Å². The molecule has 0 heterocycles. The van der Waals surface area contributed by atoms with Crippen LogP contribution in [0.25, 0.3) is 0 Å². The first-order valence-corrected chi connectivity index (χ1v) is 29.4. The molecule has 0 radical (unpaired) electrons. The summed E-state index contributed by atoms with van der Waals surface area (Å²) < 4.78 is 32.8. The fourth-order valence-electron chi connectivity index (χ4n) is 6.43. The summed E-state index contributed by atoms with van der Waals surface area (Å²) in [6, 6.07) is 0. The highest BCUT2D eigenvalue weighted by atomic mass is 31.2. The summed E-state index contributed by atoms with van der Waals surface area (Å²) in [5.41, 5.74) is 5.36. The van der Waals surface area contributed by atoms with E-state index in [9.17, 15) is 19.0 Å². The summed E-state index contributed by atoms with van der Waals surface area (Å²) in [4.78, 5) is 35.0. The van der Waals surface area contributed by atoms with Gasteiger partial charge in [0.2, 0.25) is 0 Å². The highest BCUT2D eigenvalue weighted by molar-refractivity contribution is 7.47. The molecular weight excluding hydrogens is 954 g/mol. The van der Waals surface area contributed by atoms with E-state index in [0.29, 0.717) is 12.8 Å². The molecule has 0 aromatic heterocycles. The highest BCUT2D eigenvalue weighted by Gasteiger charge is 2.26. The number of phosphoric acid groups is 1. The van der Waals surface area contributed by atoms with E-state index in [1.807, 2.05) is 0 Å². The maximum absolute atomic E-state index is 12.7. The van der Waals surface area contributed by atoms with Gasteiger partial charge in [-0.3, -0.25) is 18.6 Å². The number of ether oxygens (including phenoxy) is 2. The number of allylic oxidation sites excluding steroid dienone is 32. The van der Waals surface area contributed by atoms with Crippen molar-refractivity contribution < 1.29 is 37.6 Å². The maximum Gasteiger partial charge on any atom is 0.472 e. The zero-order valence-electron chi connectivity index (χ0n) is 46.2. The molecule has 0 saturated carbocycles. The number of hydrogen-bond acceptors (Lipinski definition) is 8. The third kappa shape index (κ3) is 58.0. The fraction of sp³-hybridized carbons (Fsp3) is 0.477. The van der Waals surface area contributed by atoms with E-state index in [1.165, 1.54) is 0 Å². The van der Waals surface area contributed by atoms with Gasteiger partial charge in [-0.2, -0.15) is 0 Å². The van der Waals surface area contributed by atoms with Gasteiger partial charge in [0.05, 0.1) is 13.2 Å². The second-order valence-electron chi connectivity index (χ2n) is 17.3. The number of phosphoric ester groups is 1. The van der Waals surface area contributed by atoms with Gasteiger partial charge >= 0.3 is 19.8 Å². The average molecular weight is 1050 g/mol. The number of carbonyl (C=O) groups is 2. The molecule has 0 spiro atoms. The van der Waals surface area contributed by atoms with Gasteiger partial charge in [-0.05, 0) is 141 Å². The molecule has 9 nitrogen and oxygen atoms in total. The zero-order valence-corrected chi connectivity index (χ0v) is 47.1. The lowest BCUT2D eigenvalue weighted by atomic mass is 10.1. The first-order chi connectivity index (χ1) is 36.8. The lowest BCUT2D eigenvalue weighted by molar-refractivity contribution is -0.161. The van der Waals surface area contributed by atoms with Crippen LogP contribution in [-0.4, -0.2) is 49.3 Å². The number of nitrogens with two attached hydrogens (primary N) is 1. The van der Waals surface area contributed by atoms with E-state index in [0.717, 1.165) is 128 Å². The molecule has 0 rings (SSSR count). The molecule has 0 amide bonds. The van der Waals surface area contributed by atoms with Crippen LogP contribution < -0.4 is 5.73 Å². The normalized spacial score (nSPS) is 14.6. The van der Waals surface area contributed by atoms with Gasteiger partial charge in [0.25, 0.3) is 0 Å². The fourth-order valence-corrected chi connectivity index (χ4v) is 7.19. The molecule has 0 saturated heterocycles. The molecule has 3 N–H and O–H groups in total. The van der Waals surface area contributed by atoms with Crippen molar-refractivity contribution in [3.63, 3.8) is 0 Å². The number of esters is 2. The Kier molecular flexibility index (Phi) is 54.1. The Morgan fingerprint density at radius 1 is 0.400 bits per heavy atom. The maximum atomic E-state index is 12.7. The highest BCUT2D eigenvalue weighted by Crippen LogP contribution is 2.43. The summed E-state index contributed by atoms with van der Waals surface area (Å²) in [5.74, 6) is -0.949. The number of hydrogen-bond donors (Lipinski definition) is 2. The van der Waals surface area contributed by atoms with Gasteiger partial charge in [-0.1, -0.05) is 208 Å². The second-order valence-corrected chi connectivity index (χ2v) is 18.8. The lowest BCUT2D eigenvalue weighted by Gasteiger charge is -2.19. The van der Waals surface area contributed by atoms with Crippen molar-refractivity contribution in [3.8, 4) is 0 Å². The van der Waals surface area contributed by atoms with E-state index in [-0.39, 0.29) is 32.6 Å². The Balaban J connectivity index is 4.16. The van der Waals surface area contributed by atoms with E-state index in [2.05, 4.69) is 208 Å². The van der Waals surface area contributed by atoms with Crippen LogP contribution in [0.2, 0.25) is 0 Å². The van der Waals surface area contributed by atoms with Crippen molar-refractivity contribution in [2.75, 3.05) is 26.4 Å². The molecule has 10 heteroatoms. The summed E-state index contributed by atoms with van der Waals surface area (Å²) in [6.45, 7) is 3.36. The first-order valence-electron chi connectivity index (χ1n) is 27.9. The molecule has 416 valence electrons. The van der Waals surface area contributed by atoms with E-state index < -0.39 is 32.5 Å². The van der Waals surface area contributed by atoms with Gasteiger partial charge in [-0.15, -0.1) is 0 Å². The van der Waals surface area contributed by atoms with Gasteiger partial charge in [-0.25, -0.2) is 4.57 Å². The summed E-state index contributed by atoms with van der Waals surface area (Å²) in [7, 11) is -4.42. The lowest BCUT2D eigenvalue weighted by Crippen LogP contribution is -2.29. The third-order valence-corrected chi connectivity index (χ3v) is 11.5. The molecule has 0 aliphatic rings. The Morgan fingerprint density at radius 2 is 0.680 bits per heavy atom. The van der Waals surface area contributed by atoms with Crippen LogP contribution >= 0.6 is 7.82 Å². The predicted molar refractivity (Wildman–Crippen MR) is 320 cm³/mol. The third-order valence-electron chi connectivity index (χ3n) is 10.5. The van der Waals surface area contributed by atoms with Gasteiger partial charge in [0.15, 0.2) is 6.10 Å². The van der Waals surface area contributed by atoms with Gasteiger partial charge < -0.3 is 20.1 Å². The summed E-state index contributed by atoms with van der Waals surface area (Å²) >= 11 is 0. The molecule has 0 aromatic carbocycles. The Bertz CT molecular complexity index is 1920. The molecule has 0 bridgehead atoms. The quantitative estimate of drug-likeness (QED) is 0.0264. The molecule has 0 fully saturated rings. The molecule has 0 aromatic rings. The largest absolute Gasteiger partial charge is 0.472 e. The van der Waals surface area contributed by atoms with Crippen molar-refractivity contribution in [3.05, 3.63) is 194 Å². The van der Waals surface area contributed by atoms with Crippen LogP contribution in [0.4, 0.5) is 0 Å². The van der Waals surface area contributed by atoms with Crippen LogP contribution in [0.1, 0.15) is 168 Å². The van der Waals surface area contributed by atoms with Gasteiger partial charge in [0.1, 0.15) is 6.61 Å². The average Bonchev–Trinajstić information content (AvgIpc) is 3.40. The summed E-state index contributed by atoms with van der Waals surface area (Å²) in [5, 5.41) is 0. The zero-order chi connectivity index (χ0) is 54.5. The monoisotopic (exact) mass is 1050 g/mol. The number of carbonyl (C=O) groups excluding carboxylic acids is 2. The topological polar surface area (TPSA) is 134 Å². The molecule has 75 heavy (non-hydrogen) atoms. The van der Waals surface area contributed by atoms with Crippen LogP contribution in [0.3, 0.4) is 0 Å². The smallest absolute Gasteiger partial charge is 0.462 e. The van der Waals surface area contributed by atoms with E-state index in [1.54, 1.807) is 0 Å². The molecular formula is C65H98NO8P. The molecule has 0 aliphatic heterocycles. The van der Waals surface area contributed by atoms with Crippen LogP contribution in [0, 0.1) is 0 Å². The Hall–Kier alpha value is -5.15. The van der Waals surface area contributed by atoms with Crippen molar-refractivity contribution in [2.24, 2.45) is 5.73 Å². The van der Waals surface area contributed by atoms with E-state index >= 15 is 0 Å². The number of unbranched alkanes of at least 4 members (excludes halogenated alkanes) is 4. The molecule has 0 aliphatic carbocycles. The van der Waals surface area contributed by atoms with Crippen molar-refractivity contribution >= 4 is 19.8 Å². The minimum Gasteiger partial charge on any atom is -0.462 e. The predicted octanol–water partition coefficient (Wildman–Crippen LogP) is 17.8. The van der Waals surface area contributed by atoms with Crippen LogP contribution in [-0.2, 0) is 32.7 Å². The minimum absolute atomic E-state index is 0.0289. The van der Waals surface area contributed by atoms with Crippen molar-refractivity contribution in [1.29, 1.82) is 0 Å². The Labute approximate surface area is 456 Å². The van der Waals surface area contributed by atoms with Crippen molar-refractivity contribution in [1.82, 2.24) is 0 Å².